The molecule has 2 N–H and O–H groups in total. The van der Waals surface area contributed by atoms with E-state index in [1.807, 2.05) is 0 Å². The van der Waals surface area contributed by atoms with Gasteiger partial charge in [-0.2, -0.15) is 0 Å². The van der Waals surface area contributed by atoms with E-state index in [2.05, 4.69) is 0 Å². The Kier molecular flexibility index (Phi) is 3.85. The molecule has 2 fully saturated rings. The van der Waals surface area contributed by atoms with Crippen LogP contribution in [0.15, 0.2) is 0 Å². The SMILES string of the molecule is Cl.NC1CC2CCCCCC2C1. The van der Waals surface area contributed by atoms with E-state index >= 15 is 0 Å². The molecule has 0 saturated heterocycles. The van der Waals surface area contributed by atoms with Gasteiger partial charge in [0.15, 0.2) is 0 Å². The highest BCUT2D eigenvalue weighted by atomic mass is 35.5. The van der Waals surface area contributed by atoms with Crippen LogP contribution in [0.2, 0.25) is 0 Å². The van der Waals surface area contributed by atoms with Gasteiger partial charge in [0.1, 0.15) is 0 Å². The van der Waals surface area contributed by atoms with E-state index < -0.39 is 0 Å². The topological polar surface area (TPSA) is 26.0 Å². The lowest BCUT2D eigenvalue weighted by Crippen LogP contribution is -2.15. The van der Waals surface area contributed by atoms with Gasteiger partial charge < -0.3 is 5.73 Å². The molecular formula is C10H20ClN. The fourth-order valence-corrected chi connectivity index (χ4v) is 2.96. The van der Waals surface area contributed by atoms with E-state index in [4.69, 9.17) is 5.73 Å². The standard InChI is InChI=1S/C10H19N.ClH/c11-10-6-8-4-2-1-3-5-9(8)7-10;/h8-10H,1-7,11H2;1H. The monoisotopic (exact) mass is 189 g/mol. The maximum absolute atomic E-state index is 5.95. The zero-order valence-corrected chi connectivity index (χ0v) is 8.48. The summed E-state index contributed by atoms with van der Waals surface area (Å²) < 4.78 is 0. The third kappa shape index (κ3) is 2.14. The molecule has 0 aromatic heterocycles. The Labute approximate surface area is 81.5 Å². The first-order valence-electron chi connectivity index (χ1n) is 5.12. The van der Waals surface area contributed by atoms with Gasteiger partial charge in [-0.25, -0.2) is 0 Å². The molecule has 2 aliphatic carbocycles. The first kappa shape index (κ1) is 10.3. The van der Waals surface area contributed by atoms with Gasteiger partial charge in [-0.1, -0.05) is 32.1 Å². The van der Waals surface area contributed by atoms with Crippen LogP contribution >= 0.6 is 12.4 Å². The van der Waals surface area contributed by atoms with Crippen molar-refractivity contribution >= 4 is 12.4 Å². The molecule has 0 heterocycles. The van der Waals surface area contributed by atoms with E-state index in [0.717, 1.165) is 11.8 Å². The van der Waals surface area contributed by atoms with Crippen molar-refractivity contribution in [2.75, 3.05) is 0 Å². The highest BCUT2D eigenvalue weighted by molar-refractivity contribution is 5.85. The summed E-state index contributed by atoms with van der Waals surface area (Å²) in [6.45, 7) is 0. The summed E-state index contributed by atoms with van der Waals surface area (Å²) in [5.41, 5.74) is 5.95. The number of hydrogen-bond donors (Lipinski definition) is 1. The molecule has 0 amide bonds. The van der Waals surface area contributed by atoms with Crippen LogP contribution in [0, 0.1) is 11.8 Å². The average Bonchev–Trinajstić information content (AvgIpc) is 2.17. The second-order valence-corrected chi connectivity index (χ2v) is 4.39. The molecule has 2 heteroatoms. The van der Waals surface area contributed by atoms with Crippen LogP contribution in [0.4, 0.5) is 0 Å². The molecule has 1 nitrogen and oxygen atoms in total. The average molecular weight is 190 g/mol. The smallest absolute Gasteiger partial charge is 0.00443 e. The van der Waals surface area contributed by atoms with E-state index in [-0.39, 0.29) is 12.4 Å². The maximum Gasteiger partial charge on any atom is 0.00443 e. The Hall–Kier alpha value is 0.250. The normalized spacial score (nSPS) is 41.2. The molecule has 0 aromatic rings. The molecule has 12 heavy (non-hydrogen) atoms. The first-order chi connectivity index (χ1) is 5.36. The van der Waals surface area contributed by atoms with Crippen LogP contribution in [0.3, 0.4) is 0 Å². The van der Waals surface area contributed by atoms with Crippen LogP contribution in [-0.4, -0.2) is 6.04 Å². The predicted octanol–water partition coefficient (Wildman–Crippen LogP) is 2.73. The van der Waals surface area contributed by atoms with Crippen molar-refractivity contribution in [3.05, 3.63) is 0 Å². The third-order valence-corrected chi connectivity index (χ3v) is 3.53. The van der Waals surface area contributed by atoms with Crippen LogP contribution in [-0.2, 0) is 0 Å². The molecule has 2 unspecified atom stereocenters. The molecule has 72 valence electrons. The maximum atomic E-state index is 5.95. The second-order valence-electron chi connectivity index (χ2n) is 4.39. The molecule has 0 aliphatic heterocycles. The van der Waals surface area contributed by atoms with Crippen LogP contribution in [0.1, 0.15) is 44.9 Å². The highest BCUT2D eigenvalue weighted by Gasteiger charge is 2.32. The summed E-state index contributed by atoms with van der Waals surface area (Å²) in [4.78, 5) is 0. The first-order valence-corrected chi connectivity index (χ1v) is 5.12. The molecule has 2 saturated carbocycles. The molecular weight excluding hydrogens is 170 g/mol. The summed E-state index contributed by atoms with van der Waals surface area (Å²) >= 11 is 0. The Morgan fingerprint density at radius 2 is 1.33 bits per heavy atom. The minimum atomic E-state index is 0. The quantitative estimate of drug-likeness (QED) is 0.623. The van der Waals surface area contributed by atoms with Gasteiger partial charge in [0, 0.05) is 6.04 Å². The number of hydrogen-bond acceptors (Lipinski definition) is 1. The number of halogens is 1. The minimum absolute atomic E-state index is 0. The van der Waals surface area contributed by atoms with Gasteiger partial charge in [-0.05, 0) is 24.7 Å². The van der Waals surface area contributed by atoms with Gasteiger partial charge in [0.05, 0.1) is 0 Å². The van der Waals surface area contributed by atoms with E-state index in [1.165, 1.54) is 44.9 Å². The van der Waals surface area contributed by atoms with Crippen molar-refractivity contribution in [2.24, 2.45) is 17.6 Å². The van der Waals surface area contributed by atoms with Crippen molar-refractivity contribution < 1.29 is 0 Å². The fraction of sp³-hybridized carbons (Fsp3) is 1.00. The zero-order valence-electron chi connectivity index (χ0n) is 7.67. The van der Waals surface area contributed by atoms with Crippen molar-refractivity contribution in [3.8, 4) is 0 Å². The summed E-state index contributed by atoms with van der Waals surface area (Å²) in [5, 5.41) is 0. The van der Waals surface area contributed by atoms with Crippen molar-refractivity contribution in [3.63, 3.8) is 0 Å². The van der Waals surface area contributed by atoms with Crippen LogP contribution in [0.25, 0.3) is 0 Å². The molecule has 2 rings (SSSR count). The molecule has 2 atom stereocenters. The Morgan fingerprint density at radius 1 is 0.833 bits per heavy atom. The molecule has 2 aliphatic rings. The third-order valence-electron chi connectivity index (χ3n) is 3.53. The summed E-state index contributed by atoms with van der Waals surface area (Å²) in [6, 6.07) is 0.545. The van der Waals surface area contributed by atoms with Gasteiger partial charge in [0.25, 0.3) is 0 Å². The summed E-state index contributed by atoms with van der Waals surface area (Å²) in [6.07, 6.45) is 10.00. The minimum Gasteiger partial charge on any atom is -0.328 e. The summed E-state index contributed by atoms with van der Waals surface area (Å²) in [7, 11) is 0. The van der Waals surface area contributed by atoms with Crippen molar-refractivity contribution in [2.45, 2.75) is 51.0 Å². The zero-order chi connectivity index (χ0) is 7.68. The van der Waals surface area contributed by atoms with Crippen LogP contribution < -0.4 is 5.73 Å². The molecule has 0 radical (unpaired) electrons. The Bertz CT molecular complexity index is 124. The molecule has 0 bridgehead atoms. The molecule has 0 aromatic carbocycles. The predicted molar refractivity (Wildman–Crippen MR) is 54.5 cm³/mol. The number of fused-ring (bicyclic) bond motifs is 1. The Balaban J connectivity index is 0.000000720. The molecule has 0 spiro atoms. The van der Waals surface area contributed by atoms with Gasteiger partial charge >= 0.3 is 0 Å². The number of nitrogens with two attached hydrogens (primary N) is 1. The summed E-state index contributed by atoms with van der Waals surface area (Å²) in [5.74, 6) is 2.01. The van der Waals surface area contributed by atoms with Gasteiger partial charge in [-0.15, -0.1) is 12.4 Å². The fourth-order valence-electron chi connectivity index (χ4n) is 2.96. The lowest BCUT2D eigenvalue weighted by Gasteiger charge is -2.13. The van der Waals surface area contributed by atoms with Crippen LogP contribution in [0.5, 0.6) is 0 Å². The van der Waals surface area contributed by atoms with E-state index in [0.29, 0.717) is 6.04 Å². The van der Waals surface area contributed by atoms with Gasteiger partial charge in [0.2, 0.25) is 0 Å². The second kappa shape index (κ2) is 4.48. The lowest BCUT2D eigenvalue weighted by molar-refractivity contribution is 0.367. The van der Waals surface area contributed by atoms with E-state index in [9.17, 15) is 0 Å². The van der Waals surface area contributed by atoms with Crippen molar-refractivity contribution in [1.82, 2.24) is 0 Å². The van der Waals surface area contributed by atoms with Crippen molar-refractivity contribution in [1.29, 1.82) is 0 Å². The van der Waals surface area contributed by atoms with Gasteiger partial charge in [-0.3, -0.25) is 0 Å². The largest absolute Gasteiger partial charge is 0.328 e. The lowest BCUT2D eigenvalue weighted by atomic mass is 9.92. The van der Waals surface area contributed by atoms with E-state index in [1.54, 1.807) is 0 Å². The highest BCUT2D eigenvalue weighted by Crippen LogP contribution is 2.40. The number of rotatable bonds is 0. The Morgan fingerprint density at radius 3 is 1.83 bits per heavy atom.